The number of esters is 2. The number of alkyl halides is 3. The molecule has 6 nitrogen and oxygen atoms in total. The molecule has 0 aromatic heterocycles. The Morgan fingerprint density at radius 1 is 1.08 bits per heavy atom. The molecular weight excluding hydrogens is 355 g/mol. The first kappa shape index (κ1) is 21.5. The van der Waals surface area contributed by atoms with Gasteiger partial charge in [-0.05, 0) is 23.6 Å². The van der Waals surface area contributed by atoms with Gasteiger partial charge >= 0.3 is 18.1 Å². The zero-order valence-electron chi connectivity index (χ0n) is 14.6. The van der Waals surface area contributed by atoms with Crippen LogP contribution in [0.1, 0.15) is 24.5 Å². The molecule has 0 unspecified atom stereocenters. The van der Waals surface area contributed by atoms with E-state index in [2.05, 4.69) is 14.8 Å². The van der Waals surface area contributed by atoms with Crippen LogP contribution < -0.4 is 5.32 Å². The van der Waals surface area contributed by atoms with E-state index in [9.17, 15) is 27.6 Å². The number of carbonyl (C=O) groups is 3. The Labute approximate surface area is 148 Å². The zero-order chi connectivity index (χ0) is 19.9. The average molecular weight is 375 g/mol. The smallest absolute Gasteiger partial charge is 0.416 e. The van der Waals surface area contributed by atoms with Gasteiger partial charge < -0.3 is 14.8 Å². The number of benzene rings is 1. The third-order valence-electron chi connectivity index (χ3n) is 3.70. The molecular formula is C17H20F3NO5. The lowest BCUT2D eigenvalue weighted by molar-refractivity contribution is -0.148. The maximum absolute atomic E-state index is 12.5. The van der Waals surface area contributed by atoms with Crippen molar-refractivity contribution in [3.8, 4) is 0 Å². The number of rotatable bonds is 7. The molecule has 1 amide bonds. The molecule has 0 aliphatic carbocycles. The minimum atomic E-state index is -4.46. The Hall–Kier alpha value is -2.58. The molecule has 1 aromatic carbocycles. The molecule has 0 aliphatic rings. The lowest BCUT2D eigenvalue weighted by Gasteiger charge is -2.22. The van der Waals surface area contributed by atoms with Gasteiger partial charge in [0.25, 0.3) is 0 Å². The largest absolute Gasteiger partial charge is 0.469 e. The fourth-order valence-electron chi connectivity index (χ4n) is 2.25. The summed E-state index contributed by atoms with van der Waals surface area (Å²) in [7, 11) is 2.34. The molecule has 0 saturated carbocycles. The van der Waals surface area contributed by atoms with Crippen molar-refractivity contribution >= 4 is 17.8 Å². The van der Waals surface area contributed by atoms with Gasteiger partial charge in [-0.2, -0.15) is 13.2 Å². The lowest BCUT2D eigenvalue weighted by Crippen LogP contribution is -2.46. The Morgan fingerprint density at radius 3 is 2.12 bits per heavy atom. The van der Waals surface area contributed by atoms with E-state index in [1.807, 2.05) is 0 Å². The van der Waals surface area contributed by atoms with Crippen molar-refractivity contribution < 1.29 is 37.0 Å². The average Bonchev–Trinajstić information content (AvgIpc) is 2.58. The van der Waals surface area contributed by atoms with Gasteiger partial charge in [-0.15, -0.1) is 0 Å². The van der Waals surface area contributed by atoms with Crippen LogP contribution in [0.15, 0.2) is 24.3 Å². The van der Waals surface area contributed by atoms with Gasteiger partial charge in [-0.1, -0.05) is 19.1 Å². The number of nitrogens with one attached hydrogen (secondary N) is 1. The molecule has 0 heterocycles. The van der Waals surface area contributed by atoms with Crippen LogP contribution in [0.5, 0.6) is 0 Å². The predicted molar refractivity (Wildman–Crippen MR) is 84.9 cm³/mol. The molecule has 0 saturated heterocycles. The highest BCUT2D eigenvalue weighted by Crippen LogP contribution is 2.29. The lowest BCUT2D eigenvalue weighted by atomic mass is 9.97. The summed E-state index contributed by atoms with van der Waals surface area (Å²) in [6.45, 7) is 1.57. The highest BCUT2D eigenvalue weighted by Gasteiger charge is 2.31. The van der Waals surface area contributed by atoms with E-state index in [0.717, 1.165) is 19.2 Å². The van der Waals surface area contributed by atoms with E-state index < -0.39 is 41.5 Å². The molecule has 9 heteroatoms. The molecule has 0 spiro atoms. The summed E-state index contributed by atoms with van der Waals surface area (Å²) >= 11 is 0. The number of carbonyl (C=O) groups excluding carboxylic acids is 3. The van der Waals surface area contributed by atoms with Crippen molar-refractivity contribution in [3.05, 3.63) is 35.4 Å². The highest BCUT2D eigenvalue weighted by molar-refractivity contribution is 5.86. The number of hydrogen-bond donors (Lipinski definition) is 1. The second-order valence-corrected chi connectivity index (χ2v) is 5.70. The van der Waals surface area contributed by atoms with Crippen molar-refractivity contribution in [2.75, 3.05) is 14.2 Å². The Morgan fingerprint density at radius 2 is 1.65 bits per heavy atom. The monoisotopic (exact) mass is 375 g/mol. The second-order valence-electron chi connectivity index (χ2n) is 5.70. The maximum atomic E-state index is 12.5. The molecule has 26 heavy (non-hydrogen) atoms. The Kier molecular flexibility index (Phi) is 7.60. The molecule has 144 valence electrons. The summed E-state index contributed by atoms with van der Waals surface area (Å²) in [5.41, 5.74) is -0.472. The number of amides is 1. The van der Waals surface area contributed by atoms with Crippen molar-refractivity contribution in [3.63, 3.8) is 0 Å². The third kappa shape index (κ3) is 6.38. The topological polar surface area (TPSA) is 81.7 Å². The van der Waals surface area contributed by atoms with Gasteiger partial charge in [0.1, 0.15) is 6.04 Å². The fourth-order valence-corrected chi connectivity index (χ4v) is 2.25. The van der Waals surface area contributed by atoms with Gasteiger partial charge in [0.05, 0.1) is 32.6 Å². The van der Waals surface area contributed by atoms with Crippen LogP contribution in [0, 0.1) is 5.92 Å². The molecule has 0 fully saturated rings. The van der Waals surface area contributed by atoms with E-state index in [0.29, 0.717) is 5.56 Å². The van der Waals surface area contributed by atoms with Crippen LogP contribution in [0.25, 0.3) is 0 Å². The molecule has 0 radical (unpaired) electrons. The van der Waals surface area contributed by atoms with Crippen molar-refractivity contribution in [2.24, 2.45) is 5.92 Å². The first-order valence-corrected chi connectivity index (χ1v) is 7.68. The summed E-state index contributed by atoms with van der Waals surface area (Å²) in [5.74, 6) is -2.46. The molecule has 1 rings (SSSR count). The number of hydrogen-bond acceptors (Lipinski definition) is 5. The molecule has 1 N–H and O–H groups in total. The van der Waals surface area contributed by atoms with Crippen LogP contribution in [0.4, 0.5) is 13.2 Å². The van der Waals surface area contributed by atoms with Gasteiger partial charge in [-0.3, -0.25) is 9.59 Å². The minimum absolute atomic E-state index is 0.114. The van der Waals surface area contributed by atoms with E-state index in [1.54, 1.807) is 6.92 Å². The van der Waals surface area contributed by atoms with E-state index in [4.69, 9.17) is 0 Å². The van der Waals surface area contributed by atoms with Crippen molar-refractivity contribution in [1.82, 2.24) is 5.32 Å². The Balaban J connectivity index is 2.77. The van der Waals surface area contributed by atoms with Crippen LogP contribution in [0.3, 0.4) is 0 Å². The minimum Gasteiger partial charge on any atom is -0.469 e. The quantitative estimate of drug-likeness (QED) is 0.738. The van der Waals surface area contributed by atoms with Gasteiger partial charge in [0.2, 0.25) is 5.91 Å². The number of halogens is 3. The molecule has 2 atom stereocenters. The summed E-state index contributed by atoms with van der Waals surface area (Å²) in [6.07, 6.45) is -4.80. The van der Waals surface area contributed by atoms with E-state index in [1.165, 1.54) is 19.2 Å². The van der Waals surface area contributed by atoms with Crippen LogP contribution in [-0.4, -0.2) is 38.1 Å². The Bertz CT molecular complexity index is 643. The molecule has 1 aromatic rings. The molecule has 0 aliphatic heterocycles. The van der Waals surface area contributed by atoms with Crippen LogP contribution in [-0.2, 0) is 36.5 Å². The van der Waals surface area contributed by atoms with Crippen LogP contribution >= 0.6 is 0 Å². The third-order valence-corrected chi connectivity index (χ3v) is 3.70. The zero-order valence-corrected chi connectivity index (χ0v) is 14.6. The summed E-state index contributed by atoms with van der Waals surface area (Å²) in [6, 6.07) is 3.04. The standard InChI is InChI=1S/C17H20F3NO5/c1-10(8-14(23)25-2)15(16(24)26-3)21-13(22)9-11-4-6-12(7-5-11)17(18,19)20/h4-7,10,15H,8-9H2,1-3H3,(H,21,22)/t10-,15+/m0/s1. The summed E-state index contributed by atoms with van der Waals surface area (Å²) in [5, 5.41) is 2.45. The molecule has 0 bridgehead atoms. The summed E-state index contributed by atoms with van der Waals surface area (Å²) < 4.78 is 46.8. The fraction of sp³-hybridized carbons (Fsp3) is 0.471. The predicted octanol–water partition coefficient (Wildman–Crippen LogP) is 2.10. The van der Waals surface area contributed by atoms with Gasteiger partial charge in [-0.25, -0.2) is 4.79 Å². The first-order valence-electron chi connectivity index (χ1n) is 7.68. The summed E-state index contributed by atoms with van der Waals surface area (Å²) in [4.78, 5) is 35.3. The van der Waals surface area contributed by atoms with E-state index >= 15 is 0 Å². The van der Waals surface area contributed by atoms with Crippen molar-refractivity contribution in [1.29, 1.82) is 0 Å². The maximum Gasteiger partial charge on any atom is 0.416 e. The van der Waals surface area contributed by atoms with Gasteiger partial charge in [0, 0.05) is 0 Å². The number of methoxy groups -OCH3 is 2. The number of ether oxygens (including phenoxy) is 2. The van der Waals surface area contributed by atoms with Gasteiger partial charge in [0.15, 0.2) is 0 Å². The SMILES string of the molecule is COC(=O)C[C@H](C)[C@@H](NC(=O)Cc1ccc(C(F)(F)F)cc1)C(=O)OC. The van der Waals surface area contributed by atoms with E-state index in [-0.39, 0.29) is 12.8 Å². The van der Waals surface area contributed by atoms with Crippen LogP contribution in [0.2, 0.25) is 0 Å². The highest BCUT2D eigenvalue weighted by atomic mass is 19.4. The first-order chi connectivity index (χ1) is 12.1. The van der Waals surface area contributed by atoms with Crippen molar-refractivity contribution in [2.45, 2.75) is 32.0 Å². The second kappa shape index (κ2) is 9.21. The normalized spacial score (nSPS) is 13.5.